The van der Waals surface area contributed by atoms with Crippen LogP contribution in [-0.4, -0.2) is 22.5 Å². The van der Waals surface area contributed by atoms with Gasteiger partial charge in [0.1, 0.15) is 5.82 Å². The van der Waals surface area contributed by atoms with Gasteiger partial charge in [0.15, 0.2) is 0 Å². The van der Waals surface area contributed by atoms with Crippen LogP contribution in [0.3, 0.4) is 0 Å². The maximum atomic E-state index is 12.2. The van der Waals surface area contributed by atoms with E-state index in [9.17, 15) is 9.59 Å². The highest BCUT2D eigenvalue weighted by molar-refractivity contribution is 6.42. The highest BCUT2D eigenvalue weighted by atomic mass is 35.5. The highest BCUT2D eigenvalue weighted by Gasteiger charge is 2.13. The van der Waals surface area contributed by atoms with Gasteiger partial charge < -0.3 is 4.74 Å². The molecule has 118 valence electrons. The fraction of sp³-hybridized carbons (Fsp3) is 0.286. The zero-order valence-electron chi connectivity index (χ0n) is 12.1. The number of amides is 1. The minimum atomic E-state index is -0.617. The summed E-state index contributed by atoms with van der Waals surface area (Å²) in [6.45, 7) is 3.84. The summed E-state index contributed by atoms with van der Waals surface area (Å²) in [6.07, 6.45) is -0.617. The average molecular weight is 344 g/mol. The van der Waals surface area contributed by atoms with Gasteiger partial charge >= 0.3 is 6.09 Å². The van der Waals surface area contributed by atoms with Crippen molar-refractivity contribution in [2.75, 3.05) is 11.9 Å². The molecule has 2 N–H and O–H groups in total. The van der Waals surface area contributed by atoms with Crippen LogP contribution in [0.15, 0.2) is 23.0 Å². The van der Waals surface area contributed by atoms with E-state index >= 15 is 0 Å². The van der Waals surface area contributed by atoms with E-state index in [4.69, 9.17) is 27.9 Å². The van der Waals surface area contributed by atoms with Gasteiger partial charge in [0.2, 0.25) is 0 Å². The molecule has 0 fully saturated rings. The number of carbonyl (C=O) groups excluding carboxylic acids is 1. The Labute approximate surface area is 137 Å². The van der Waals surface area contributed by atoms with Crippen molar-refractivity contribution in [2.24, 2.45) is 0 Å². The third-order valence-electron chi connectivity index (χ3n) is 3.01. The van der Waals surface area contributed by atoms with Gasteiger partial charge in [-0.25, -0.2) is 9.48 Å². The van der Waals surface area contributed by atoms with E-state index in [1.165, 1.54) is 4.68 Å². The number of H-pyrrole nitrogens is 1. The number of hydrogen-bond acceptors (Lipinski definition) is 3. The van der Waals surface area contributed by atoms with Crippen LogP contribution in [0.25, 0.3) is 0 Å². The lowest BCUT2D eigenvalue weighted by atomic mass is 10.2. The second kappa shape index (κ2) is 6.89. The molecule has 1 aromatic carbocycles. The molecule has 1 amide bonds. The van der Waals surface area contributed by atoms with Gasteiger partial charge in [-0.2, -0.15) is 0 Å². The maximum Gasteiger partial charge on any atom is 0.412 e. The van der Waals surface area contributed by atoms with Crippen molar-refractivity contribution in [3.63, 3.8) is 0 Å². The van der Waals surface area contributed by atoms with Crippen LogP contribution < -0.4 is 10.9 Å². The fourth-order valence-electron chi connectivity index (χ4n) is 1.90. The van der Waals surface area contributed by atoms with Crippen molar-refractivity contribution < 1.29 is 9.53 Å². The Hall–Kier alpha value is -1.92. The van der Waals surface area contributed by atoms with Crippen molar-refractivity contribution >= 4 is 35.1 Å². The molecular formula is C14H15Cl2N3O3. The molecule has 22 heavy (non-hydrogen) atoms. The first kappa shape index (κ1) is 16.5. The van der Waals surface area contributed by atoms with E-state index < -0.39 is 6.09 Å². The van der Waals surface area contributed by atoms with Gasteiger partial charge in [-0.3, -0.25) is 15.2 Å². The third-order valence-corrected chi connectivity index (χ3v) is 3.75. The Balaban J connectivity index is 2.23. The molecule has 0 unspecified atom stereocenters. The number of anilines is 1. The van der Waals surface area contributed by atoms with Crippen LogP contribution in [0.1, 0.15) is 18.1 Å². The molecule has 6 nitrogen and oxygen atoms in total. The number of rotatable bonds is 4. The molecule has 0 aliphatic heterocycles. The molecule has 2 rings (SSSR count). The van der Waals surface area contributed by atoms with Gasteiger partial charge in [0.25, 0.3) is 5.56 Å². The molecule has 1 aromatic heterocycles. The molecule has 0 bridgehead atoms. The predicted octanol–water partition coefficient (Wildman–Crippen LogP) is 3.41. The van der Waals surface area contributed by atoms with Crippen LogP contribution in [-0.2, 0) is 11.3 Å². The van der Waals surface area contributed by atoms with E-state index in [-0.39, 0.29) is 18.7 Å². The molecule has 8 heteroatoms. The predicted molar refractivity (Wildman–Crippen MR) is 86.0 cm³/mol. The molecule has 0 aliphatic carbocycles. The Morgan fingerprint density at radius 1 is 1.36 bits per heavy atom. The summed E-state index contributed by atoms with van der Waals surface area (Å²) in [5.74, 6) is 0.309. The lowest BCUT2D eigenvalue weighted by molar-refractivity contribution is 0.168. The largest absolute Gasteiger partial charge is 0.450 e. The number of nitrogens with one attached hydrogen (secondary N) is 2. The first-order chi connectivity index (χ1) is 10.4. The first-order valence-corrected chi connectivity index (χ1v) is 7.35. The topological polar surface area (TPSA) is 76.1 Å². The lowest BCUT2D eigenvalue weighted by Gasteiger charge is -2.05. The third kappa shape index (κ3) is 3.64. The SMILES string of the molecule is CCOC(=O)Nc1[nH]n(Cc2ccc(Cl)c(Cl)c2)c(=O)c1C. The number of aromatic amines is 1. The summed E-state index contributed by atoms with van der Waals surface area (Å²) in [4.78, 5) is 23.6. The summed E-state index contributed by atoms with van der Waals surface area (Å²) in [6, 6.07) is 5.12. The number of ether oxygens (including phenoxy) is 1. The number of halogens is 2. The zero-order chi connectivity index (χ0) is 16.3. The molecule has 0 atom stereocenters. The smallest absolute Gasteiger partial charge is 0.412 e. The summed E-state index contributed by atoms with van der Waals surface area (Å²) in [5, 5.41) is 6.20. The molecule has 2 aromatic rings. The summed E-state index contributed by atoms with van der Waals surface area (Å²) in [7, 11) is 0. The maximum absolute atomic E-state index is 12.2. The summed E-state index contributed by atoms with van der Waals surface area (Å²) >= 11 is 11.8. The van der Waals surface area contributed by atoms with E-state index in [0.717, 1.165) is 5.56 Å². The molecule has 0 radical (unpaired) electrons. The number of benzene rings is 1. The van der Waals surface area contributed by atoms with E-state index in [2.05, 4.69) is 10.4 Å². The second-order valence-electron chi connectivity index (χ2n) is 4.60. The minimum absolute atomic E-state index is 0.238. The average Bonchev–Trinajstić information content (AvgIpc) is 2.71. The molecule has 1 heterocycles. The van der Waals surface area contributed by atoms with Crippen molar-refractivity contribution in [1.29, 1.82) is 0 Å². The van der Waals surface area contributed by atoms with Crippen LogP contribution in [0, 0.1) is 6.92 Å². The summed E-state index contributed by atoms with van der Waals surface area (Å²) < 4.78 is 6.16. The zero-order valence-corrected chi connectivity index (χ0v) is 13.6. The van der Waals surface area contributed by atoms with Crippen LogP contribution >= 0.6 is 23.2 Å². The second-order valence-corrected chi connectivity index (χ2v) is 5.41. The van der Waals surface area contributed by atoms with Crippen molar-refractivity contribution in [1.82, 2.24) is 9.78 Å². The highest BCUT2D eigenvalue weighted by Crippen LogP contribution is 2.22. The van der Waals surface area contributed by atoms with Gasteiger partial charge in [-0.1, -0.05) is 29.3 Å². The first-order valence-electron chi connectivity index (χ1n) is 6.59. The molecule has 0 aliphatic rings. The van der Waals surface area contributed by atoms with Gasteiger partial charge in [0.05, 0.1) is 28.8 Å². The Bertz CT molecular complexity index is 752. The van der Waals surface area contributed by atoms with E-state index in [0.29, 0.717) is 21.4 Å². The Kier molecular flexibility index (Phi) is 5.15. The Morgan fingerprint density at radius 2 is 2.09 bits per heavy atom. The number of hydrogen-bond donors (Lipinski definition) is 2. The fourth-order valence-corrected chi connectivity index (χ4v) is 2.22. The van der Waals surface area contributed by atoms with Gasteiger partial charge in [0, 0.05) is 0 Å². The van der Waals surface area contributed by atoms with Crippen molar-refractivity contribution in [3.8, 4) is 0 Å². The quantitative estimate of drug-likeness (QED) is 0.892. The van der Waals surface area contributed by atoms with Crippen molar-refractivity contribution in [2.45, 2.75) is 20.4 Å². The Morgan fingerprint density at radius 3 is 2.73 bits per heavy atom. The van der Waals surface area contributed by atoms with Crippen molar-refractivity contribution in [3.05, 3.63) is 49.7 Å². The van der Waals surface area contributed by atoms with Crippen LogP contribution in [0.2, 0.25) is 10.0 Å². The standard InChI is InChI=1S/C14H15Cl2N3O3/c1-3-22-14(21)17-12-8(2)13(20)19(18-12)7-9-4-5-10(15)11(16)6-9/h4-6,18H,3,7H2,1-2H3,(H,17,21). The number of aromatic nitrogens is 2. The molecule has 0 saturated carbocycles. The van der Waals surface area contributed by atoms with Gasteiger partial charge in [-0.05, 0) is 31.5 Å². The summed E-state index contributed by atoms with van der Waals surface area (Å²) in [5.41, 5.74) is 0.964. The molecular weight excluding hydrogens is 329 g/mol. The van der Waals surface area contributed by atoms with E-state index in [1.807, 2.05) is 0 Å². The normalized spacial score (nSPS) is 10.5. The monoisotopic (exact) mass is 343 g/mol. The lowest BCUT2D eigenvalue weighted by Crippen LogP contribution is -2.18. The van der Waals surface area contributed by atoms with Gasteiger partial charge in [-0.15, -0.1) is 0 Å². The van der Waals surface area contributed by atoms with Crippen LogP contribution in [0.5, 0.6) is 0 Å². The molecule has 0 spiro atoms. The number of carbonyl (C=O) groups is 1. The van der Waals surface area contributed by atoms with Crippen LogP contribution in [0.4, 0.5) is 10.6 Å². The number of nitrogens with zero attached hydrogens (tertiary/aromatic N) is 1. The molecule has 0 saturated heterocycles. The van der Waals surface area contributed by atoms with E-state index in [1.54, 1.807) is 32.0 Å². The minimum Gasteiger partial charge on any atom is -0.450 e.